The van der Waals surface area contributed by atoms with Crippen LogP contribution in [-0.2, 0) is 14.8 Å². The average molecular weight is 286 g/mol. The normalized spacial score (nSPS) is 20.2. The van der Waals surface area contributed by atoms with Crippen molar-refractivity contribution in [3.8, 4) is 0 Å². The van der Waals surface area contributed by atoms with Crippen LogP contribution in [0.1, 0.15) is 6.42 Å². The second-order valence-electron chi connectivity index (χ2n) is 4.28. The van der Waals surface area contributed by atoms with E-state index in [0.717, 1.165) is 11.9 Å². The summed E-state index contributed by atoms with van der Waals surface area (Å²) in [6, 6.07) is 6.71. The van der Waals surface area contributed by atoms with Crippen molar-refractivity contribution in [1.82, 2.24) is 0 Å². The zero-order valence-electron chi connectivity index (χ0n) is 9.83. The molecule has 0 saturated carbocycles. The Morgan fingerprint density at radius 3 is 2.39 bits per heavy atom. The topological polar surface area (TPSA) is 66.5 Å². The van der Waals surface area contributed by atoms with Crippen LogP contribution in [0, 0.1) is 0 Å². The van der Waals surface area contributed by atoms with E-state index in [2.05, 4.69) is 17.4 Å². The molecule has 2 rings (SSSR count). The van der Waals surface area contributed by atoms with Gasteiger partial charge in [0.15, 0.2) is 0 Å². The number of nitrogens with one attached hydrogen (secondary N) is 1. The zero-order valence-corrected chi connectivity index (χ0v) is 11.5. The van der Waals surface area contributed by atoms with Crippen molar-refractivity contribution in [2.75, 3.05) is 22.4 Å². The van der Waals surface area contributed by atoms with Gasteiger partial charge in [0.25, 0.3) is 0 Å². The number of anilines is 2. The summed E-state index contributed by atoms with van der Waals surface area (Å²) in [6.07, 6.45) is 1.53. The van der Waals surface area contributed by atoms with Gasteiger partial charge in [0.05, 0.1) is 6.26 Å². The van der Waals surface area contributed by atoms with Gasteiger partial charge in [0.2, 0.25) is 15.9 Å². The number of rotatable bonds is 3. The second-order valence-corrected chi connectivity index (χ2v) is 6.76. The van der Waals surface area contributed by atoms with Crippen molar-refractivity contribution in [3.05, 3.63) is 24.3 Å². The molecule has 5 nitrogen and oxygen atoms in total. The Labute approximate surface area is 112 Å². The van der Waals surface area contributed by atoms with Crippen molar-refractivity contribution in [2.24, 2.45) is 0 Å². The Bertz CT molecular complexity index is 554. The molecule has 1 fully saturated rings. The Morgan fingerprint density at radius 1 is 1.33 bits per heavy atom. The molecule has 1 atom stereocenters. The molecule has 98 valence electrons. The van der Waals surface area contributed by atoms with Crippen LogP contribution in [-0.4, -0.2) is 32.4 Å². The molecule has 1 amide bonds. The Balaban J connectivity index is 2.15. The van der Waals surface area contributed by atoms with Gasteiger partial charge in [0, 0.05) is 29.6 Å². The predicted molar refractivity (Wildman–Crippen MR) is 74.7 cm³/mol. The SMILES string of the molecule is CS(=O)(=O)Nc1ccc(N2CC(S)CC2=O)cc1. The number of carbonyl (C=O) groups is 1. The molecule has 1 saturated heterocycles. The van der Waals surface area contributed by atoms with Crippen LogP contribution < -0.4 is 9.62 Å². The van der Waals surface area contributed by atoms with Crippen molar-refractivity contribution >= 4 is 39.9 Å². The van der Waals surface area contributed by atoms with Gasteiger partial charge in [-0.3, -0.25) is 9.52 Å². The van der Waals surface area contributed by atoms with E-state index in [1.807, 2.05) is 0 Å². The quantitative estimate of drug-likeness (QED) is 0.818. The number of nitrogens with zero attached hydrogens (tertiary/aromatic N) is 1. The fourth-order valence-corrected chi connectivity index (χ4v) is 2.75. The molecule has 1 N–H and O–H groups in total. The van der Waals surface area contributed by atoms with E-state index < -0.39 is 10.0 Å². The predicted octanol–water partition coefficient (Wildman–Crippen LogP) is 1.09. The standard InChI is InChI=1S/C11H14N2O3S2/c1-18(15,16)12-8-2-4-9(5-3-8)13-7-10(17)6-11(13)14/h2-5,10,12,17H,6-7H2,1H3. The number of thiol groups is 1. The van der Waals surface area contributed by atoms with E-state index in [4.69, 9.17) is 0 Å². The van der Waals surface area contributed by atoms with Crippen molar-refractivity contribution in [1.29, 1.82) is 0 Å². The van der Waals surface area contributed by atoms with E-state index in [1.54, 1.807) is 29.2 Å². The van der Waals surface area contributed by atoms with Crippen LogP contribution in [0.25, 0.3) is 0 Å². The lowest BCUT2D eigenvalue weighted by Crippen LogP contribution is -2.24. The van der Waals surface area contributed by atoms with Gasteiger partial charge < -0.3 is 4.90 Å². The number of sulfonamides is 1. The van der Waals surface area contributed by atoms with Crippen LogP contribution in [0.15, 0.2) is 24.3 Å². The molecular weight excluding hydrogens is 272 g/mol. The highest BCUT2D eigenvalue weighted by Crippen LogP contribution is 2.25. The first kappa shape index (κ1) is 13.2. The highest BCUT2D eigenvalue weighted by atomic mass is 32.2. The van der Waals surface area contributed by atoms with E-state index in [0.29, 0.717) is 18.7 Å². The summed E-state index contributed by atoms with van der Waals surface area (Å²) in [5.41, 5.74) is 1.24. The fraction of sp³-hybridized carbons (Fsp3) is 0.364. The second kappa shape index (κ2) is 4.81. The molecule has 0 spiro atoms. The number of benzene rings is 1. The lowest BCUT2D eigenvalue weighted by molar-refractivity contribution is -0.117. The summed E-state index contributed by atoms with van der Waals surface area (Å²) < 4.78 is 24.5. The molecule has 0 aliphatic carbocycles. The summed E-state index contributed by atoms with van der Waals surface area (Å²) >= 11 is 4.28. The minimum atomic E-state index is -3.27. The minimum absolute atomic E-state index is 0.0406. The van der Waals surface area contributed by atoms with Gasteiger partial charge in [-0.1, -0.05) is 0 Å². The van der Waals surface area contributed by atoms with Crippen LogP contribution in [0.2, 0.25) is 0 Å². The van der Waals surface area contributed by atoms with E-state index in [-0.39, 0.29) is 11.2 Å². The smallest absolute Gasteiger partial charge is 0.229 e. The van der Waals surface area contributed by atoms with Crippen LogP contribution in [0.4, 0.5) is 11.4 Å². The molecular formula is C11H14N2O3S2. The van der Waals surface area contributed by atoms with E-state index >= 15 is 0 Å². The van der Waals surface area contributed by atoms with Crippen LogP contribution >= 0.6 is 12.6 Å². The highest BCUT2D eigenvalue weighted by molar-refractivity contribution is 7.92. The molecule has 1 aromatic carbocycles. The lowest BCUT2D eigenvalue weighted by atomic mass is 10.2. The van der Waals surface area contributed by atoms with E-state index in [1.165, 1.54) is 0 Å². The van der Waals surface area contributed by atoms with Crippen molar-refractivity contribution in [3.63, 3.8) is 0 Å². The molecule has 18 heavy (non-hydrogen) atoms. The van der Waals surface area contributed by atoms with Gasteiger partial charge in [-0.2, -0.15) is 12.6 Å². The first-order chi connectivity index (χ1) is 8.35. The first-order valence-corrected chi connectivity index (χ1v) is 7.82. The molecule has 1 unspecified atom stereocenters. The average Bonchev–Trinajstić information content (AvgIpc) is 2.57. The summed E-state index contributed by atoms with van der Waals surface area (Å²) in [6.45, 7) is 0.584. The molecule has 0 bridgehead atoms. The van der Waals surface area contributed by atoms with Crippen molar-refractivity contribution < 1.29 is 13.2 Å². The van der Waals surface area contributed by atoms with Gasteiger partial charge in [-0.15, -0.1) is 0 Å². The summed E-state index contributed by atoms with van der Waals surface area (Å²) in [4.78, 5) is 13.3. The summed E-state index contributed by atoms with van der Waals surface area (Å²) in [5.74, 6) is 0.0406. The lowest BCUT2D eigenvalue weighted by Gasteiger charge is -2.16. The summed E-state index contributed by atoms with van der Waals surface area (Å²) in [5, 5.41) is 0.0614. The number of carbonyl (C=O) groups excluding carboxylic acids is 1. The van der Waals surface area contributed by atoms with Gasteiger partial charge in [-0.05, 0) is 24.3 Å². The molecule has 0 aromatic heterocycles. The zero-order chi connectivity index (χ0) is 13.3. The fourth-order valence-electron chi connectivity index (χ4n) is 1.86. The number of hydrogen-bond acceptors (Lipinski definition) is 4. The maximum atomic E-state index is 11.7. The largest absolute Gasteiger partial charge is 0.311 e. The van der Waals surface area contributed by atoms with Gasteiger partial charge >= 0.3 is 0 Å². The van der Waals surface area contributed by atoms with Gasteiger partial charge in [0.1, 0.15) is 0 Å². The monoisotopic (exact) mass is 286 g/mol. The van der Waals surface area contributed by atoms with Crippen molar-refractivity contribution in [2.45, 2.75) is 11.7 Å². The van der Waals surface area contributed by atoms with Crippen LogP contribution in [0.3, 0.4) is 0 Å². The third-order valence-corrected chi connectivity index (χ3v) is 3.54. The highest BCUT2D eigenvalue weighted by Gasteiger charge is 2.28. The molecule has 1 aromatic rings. The first-order valence-electron chi connectivity index (χ1n) is 5.41. The number of amides is 1. The Kier molecular flexibility index (Phi) is 3.54. The van der Waals surface area contributed by atoms with Crippen LogP contribution in [0.5, 0.6) is 0 Å². The maximum Gasteiger partial charge on any atom is 0.229 e. The molecule has 1 heterocycles. The van der Waals surface area contributed by atoms with E-state index in [9.17, 15) is 13.2 Å². The maximum absolute atomic E-state index is 11.7. The third-order valence-electron chi connectivity index (χ3n) is 2.59. The molecule has 1 aliphatic heterocycles. The minimum Gasteiger partial charge on any atom is -0.311 e. The summed E-state index contributed by atoms with van der Waals surface area (Å²) in [7, 11) is -3.27. The Morgan fingerprint density at radius 2 is 1.94 bits per heavy atom. The third kappa shape index (κ3) is 3.17. The van der Waals surface area contributed by atoms with Gasteiger partial charge in [-0.25, -0.2) is 8.42 Å². The number of hydrogen-bond donors (Lipinski definition) is 2. The molecule has 0 radical (unpaired) electrons. The molecule has 7 heteroatoms. The molecule has 1 aliphatic rings. The Hall–Kier alpha value is -1.21.